The summed E-state index contributed by atoms with van der Waals surface area (Å²) in [5.74, 6) is -0.282. The van der Waals surface area contributed by atoms with Gasteiger partial charge < -0.3 is 15.1 Å². The highest BCUT2D eigenvalue weighted by Crippen LogP contribution is 2.21. The molecule has 104 valence electrons. The van der Waals surface area contributed by atoms with Crippen LogP contribution < -0.4 is 11.4 Å². The van der Waals surface area contributed by atoms with Crippen molar-refractivity contribution in [1.82, 2.24) is 4.90 Å². The Hall–Kier alpha value is -2.14. The van der Waals surface area contributed by atoms with Crippen molar-refractivity contribution in [1.29, 1.82) is 0 Å². The zero-order chi connectivity index (χ0) is 14.3. The molecule has 1 atom stereocenters. The van der Waals surface area contributed by atoms with Crippen LogP contribution >= 0.6 is 0 Å². The van der Waals surface area contributed by atoms with Crippen molar-refractivity contribution in [2.24, 2.45) is 5.73 Å². The Bertz CT molecular complexity index is 735. The predicted octanol–water partition coefficient (Wildman–Crippen LogP) is 1.27. The zero-order valence-corrected chi connectivity index (χ0v) is 11.3. The molecule has 0 bridgehead atoms. The van der Waals surface area contributed by atoms with Gasteiger partial charge in [-0.1, -0.05) is 18.2 Å². The molecule has 1 aliphatic heterocycles. The lowest BCUT2D eigenvalue weighted by Crippen LogP contribution is -2.35. The smallest absolute Gasteiger partial charge is 0.349 e. The van der Waals surface area contributed by atoms with Crippen molar-refractivity contribution in [2.75, 3.05) is 13.1 Å². The van der Waals surface area contributed by atoms with E-state index in [0.717, 1.165) is 11.8 Å². The van der Waals surface area contributed by atoms with E-state index < -0.39 is 5.63 Å². The summed E-state index contributed by atoms with van der Waals surface area (Å²) in [6.45, 7) is 2.86. The number of aryl methyl sites for hydroxylation is 1. The highest BCUT2D eigenvalue weighted by molar-refractivity contribution is 5.99. The molecule has 5 heteroatoms. The van der Waals surface area contributed by atoms with Crippen LogP contribution in [0.5, 0.6) is 0 Å². The minimum Gasteiger partial charge on any atom is -0.422 e. The summed E-state index contributed by atoms with van der Waals surface area (Å²) in [6, 6.07) is 7.22. The number of rotatable bonds is 1. The Kier molecular flexibility index (Phi) is 3.06. The maximum absolute atomic E-state index is 12.5. The van der Waals surface area contributed by atoms with Gasteiger partial charge in [0.2, 0.25) is 0 Å². The molecule has 0 spiro atoms. The lowest BCUT2D eigenvalue weighted by Gasteiger charge is -2.16. The average Bonchev–Trinajstić information content (AvgIpc) is 2.85. The Morgan fingerprint density at radius 2 is 2.15 bits per heavy atom. The van der Waals surface area contributed by atoms with Gasteiger partial charge in [-0.05, 0) is 25.0 Å². The van der Waals surface area contributed by atoms with Crippen LogP contribution in [-0.2, 0) is 0 Å². The molecule has 0 radical (unpaired) electrons. The van der Waals surface area contributed by atoms with Gasteiger partial charge in [0.1, 0.15) is 11.1 Å². The molecule has 1 saturated heterocycles. The normalized spacial score (nSPS) is 18.7. The summed E-state index contributed by atoms with van der Waals surface area (Å²) in [6.07, 6.45) is 0.768. The van der Waals surface area contributed by atoms with Gasteiger partial charge in [0.05, 0.1) is 0 Å². The van der Waals surface area contributed by atoms with E-state index in [1.165, 1.54) is 0 Å². The number of amides is 1. The van der Waals surface area contributed by atoms with Crippen LogP contribution in [0, 0.1) is 6.92 Å². The number of nitrogens with zero attached hydrogens (tertiary/aromatic N) is 1. The van der Waals surface area contributed by atoms with E-state index in [2.05, 4.69) is 0 Å². The van der Waals surface area contributed by atoms with Gasteiger partial charge >= 0.3 is 5.63 Å². The minimum atomic E-state index is -0.577. The maximum atomic E-state index is 12.5. The van der Waals surface area contributed by atoms with Crippen molar-refractivity contribution in [3.8, 4) is 0 Å². The first-order valence-corrected chi connectivity index (χ1v) is 6.65. The van der Waals surface area contributed by atoms with Gasteiger partial charge in [-0.15, -0.1) is 0 Å². The van der Waals surface area contributed by atoms with Crippen molar-refractivity contribution in [2.45, 2.75) is 19.4 Å². The van der Waals surface area contributed by atoms with Crippen LogP contribution in [0.3, 0.4) is 0 Å². The molecule has 3 rings (SSSR count). The molecule has 1 aromatic carbocycles. The summed E-state index contributed by atoms with van der Waals surface area (Å²) in [5.41, 5.74) is 6.53. The summed E-state index contributed by atoms with van der Waals surface area (Å²) in [5, 5.41) is 0.791. The summed E-state index contributed by atoms with van der Waals surface area (Å²) in [7, 11) is 0. The SMILES string of the molecule is Cc1c(C(=O)N2CC[C@@H](N)C2)c(=O)oc2ccccc12. The third-order valence-electron chi connectivity index (χ3n) is 3.80. The molecule has 1 amide bonds. The number of nitrogens with two attached hydrogens (primary N) is 1. The van der Waals surface area contributed by atoms with Gasteiger partial charge in [0, 0.05) is 24.5 Å². The number of likely N-dealkylation sites (tertiary alicyclic amines) is 1. The molecular formula is C15H16N2O3. The molecule has 20 heavy (non-hydrogen) atoms. The van der Waals surface area contributed by atoms with Crippen LogP contribution in [0.15, 0.2) is 33.5 Å². The van der Waals surface area contributed by atoms with Crippen molar-refractivity contribution in [3.63, 3.8) is 0 Å². The lowest BCUT2D eigenvalue weighted by atomic mass is 10.1. The quantitative estimate of drug-likeness (QED) is 0.793. The second kappa shape index (κ2) is 4.76. The van der Waals surface area contributed by atoms with E-state index in [4.69, 9.17) is 10.2 Å². The fourth-order valence-corrected chi connectivity index (χ4v) is 2.68. The van der Waals surface area contributed by atoms with Gasteiger partial charge in [0.15, 0.2) is 0 Å². The van der Waals surface area contributed by atoms with Crippen LogP contribution in [0.2, 0.25) is 0 Å². The number of para-hydroxylation sites is 1. The average molecular weight is 272 g/mol. The molecule has 1 aliphatic rings. The molecule has 1 aromatic heterocycles. The van der Waals surface area contributed by atoms with Crippen LogP contribution in [0.4, 0.5) is 0 Å². The number of hydrogen-bond acceptors (Lipinski definition) is 4. The highest BCUT2D eigenvalue weighted by Gasteiger charge is 2.28. The number of hydrogen-bond donors (Lipinski definition) is 1. The second-order valence-electron chi connectivity index (χ2n) is 5.19. The van der Waals surface area contributed by atoms with Crippen molar-refractivity contribution in [3.05, 3.63) is 45.8 Å². The molecule has 5 nitrogen and oxygen atoms in total. The van der Waals surface area contributed by atoms with Gasteiger partial charge in [-0.25, -0.2) is 4.79 Å². The fourth-order valence-electron chi connectivity index (χ4n) is 2.68. The van der Waals surface area contributed by atoms with Crippen LogP contribution in [-0.4, -0.2) is 29.9 Å². The van der Waals surface area contributed by atoms with E-state index in [9.17, 15) is 9.59 Å². The van der Waals surface area contributed by atoms with E-state index >= 15 is 0 Å². The third kappa shape index (κ3) is 2.00. The Morgan fingerprint density at radius 3 is 2.85 bits per heavy atom. The number of carbonyl (C=O) groups is 1. The van der Waals surface area contributed by atoms with Gasteiger partial charge in [-0.2, -0.15) is 0 Å². The third-order valence-corrected chi connectivity index (χ3v) is 3.80. The molecular weight excluding hydrogens is 256 g/mol. The monoisotopic (exact) mass is 272 g/mol. The Morgan fingerprint density at radius 1 is 1.40 bits per heavy atom. The van der Waals surface area contributed by atoms with Gasteiger partial charge in [0.25, 0.3) is 5.91 Å². The van der Waals surface area contributed by atoms with Gasteiger partial charge in [-0.3, -0.25) is 4.79 Å². The maximum Gasteiger partial charge on any atom is 0.349 e. The fraction of sp³-hybridized carbons (Fsp3) is 0.333. The first kappa shape index (κ1) is 12.9. The minimum absolute atomic E-state index is 0.00764. The first-order chi connectivity index (χ1) is 9.58. The predicted molar refractivity (Wildman–Crippen MR) is 75.7 cm³/mol. The number of fused-ring (bicyclic) bond motifs is 1. The highest BCUT2D eigenvalue weighted by atomic mass is 16.4. The zero-order valence-electron chi connectivity index (χ0n) is 11.3. The summed E-state index contributed by atoms with van der Waals surface area (Å²) < 4.78 is 5.25. The molecule has 2 aromatic rings. The molecule has 1 fully saturated rings. The summed E-state index contributed by atoms with van der Waals surface area (Å²) in [4.78, 5) is 26.2. The van der Waals surface area contributed by atoms with Crippen LogP contribution in [0.1, 0.15) is 22.3 Å². The van der Waals surface area contributed by atoms with E-state index in [-0.39, 0.29) is 17.5 Å². The Labute approximate surface area is 116 Å². The van der Waals surface area contributed by atoms with Crippen molar-refractivity contribution >= 4 is 16.9 Å². The summed E-state index contributed by atoms with van der Waals surface area (Å²) >= 11 is 0. The lowest BCUT2D eigenvalue weighted by molar-refractivity contribution is 0.0786. The van der Waals surface area contributed by atoms with E-state index in [1.54, 1.807) is 24.0 Å². The molecule has 0 unspecified atom stereocenters. The van der Waals surface area contributed by atoms with E-state index in [1.807, 2.05) is 12.1 Å². The van der Waals surface area contributed by atoms with Crippen molar-refractivity contribution < 1.29 is 9.21 Å². The molecule has 2 N–H and O–H groups in total. The first-order valence-electron chi connectivity index (χ1n) is 6.65. The molecule has 2 heterocycles. The number of benzene rings is 1. The topological polar surface area (TPSA) is 76.5 Å². The Balaban J connectivity index is 2.12. The molecule has 0 saturated carbocycles. The number of carbonyl (C=O) groups excluding carboxylic acids is 1. The standard InChI is InChI=1S/C15H16N2O3/c1-9-11-4-2-3-5-12(11)20-15(19)13(9)14(18)17-7-6-10(16)8-17/h2-5,10H,6-8,16H2,1H3/t10-/m1/s1. The molecule has 0 aliphatic carbocycles. The largest absolute Gasteiger partial charge is 0.422 e. The second-order valence-corrected chi connectivity index (χ2v) is 5.19. The van der Waals surface area contributed by atoms with E-state index in [0.29, 0.717) is 24.2 Å². The van der Waals surface area contributed by atoms with Crippen LogP contribution in [0.25, 0.3) is 11.0 Å².